The molecule has 0 aliphatic heterocycles. The number of aromatic nitrogens is 2. The Morgan fingerprint density at radius 2 is 1.67 bits per heavy atom. The van der Waals surface area contributed by atoms with Crippen molar-refractivity contribution in [2.45, 2.75) is 6.92 Å². The van der Waals surface area contributed by atoms with Crippen LogP contribution in [-0.2, 0) is 0 Å². The predicted molar refractivity (Wildman–Crippen MR) is 108 cm³/mol. The van der Waals surface area contributed by atoms with Gasteiger partial charge in [0.25, 0.3) is 5.91 Å². The molecule has 0 aliphatic carbocycles. The summed E-state index contributed by atoms with van der Waals surface area (Å²) >= 11 is 0. The quantitative estimate of drug-likeness (QED) is 0.471. The summed E-state index contributed by atoms with van der Waals surface area (Å²) in [7, 11) is 0. The fraction of sp³-hybridized carbons (Fsp3) is 0.0455. The SMILES string of the molecule is Cc1[nH]nc2ccc(-c3ccc(N(F)C(=O)c4ccccc4C(=O)O)c(F)c3)cc12. The van der Waals surface area contributed by atoms with Crippen LogP contribution in [0.5, 0.6) is 0 Å². The number of aromatic amines is 1. The van der Waals surface area contributed by atoms with E-state index < -0.39 is 23.4 Å². The number of halogens is 2. The molecule has 1 heterocycles. The van der Waals surface area contributed by atoms with E-state index in [2.05, 4.69) is 10.2 Å². The highest BCUT2D eigenvalue weighted by atomic mass is 19.2. The Kier molecular flexibility index (Phi) is 4.75. The molecule has 0 saturated heterocycles. The second kappa shape index (κ2) is 7.40. The summed E-state index contributed by atoms with van der Waals surface area (Å²) in [5.41, 5.74) is 1.47. The van der Waals surface area contributed by atoms with Crippen LogP contribution >= 0.6 is 0 Å². The summed E-state index contributed by atoms with van der Waals surface area (Å²) in [6, 6.07) is 14.3. The highest BCUT2D eigenvalue weighted by molar-refractivity contribution is 6.11. The zero-order chi connectivity index (χ0) is 21.4. The number of amides is 1. The van der Waals surface area contributed by atoms with Crippen LogP contribution in [0.4, 0.5) is 14.6 Å². The number of carboxylic acids is 1. The number of aromatic carboxylic acids is 1. The summed E-state index contributed by atoms with van der Waals surface area (Å²) in [6.45, 7) is 1.87. The van der Waals surface area contributed by atoms with Gasteiger partial charge in [0.15, 0.2) is 0 Å². The van der Waals surface area contributed by atoms with Crippen molar-refractivity contribution < 1.29 is 23.6 Å². The maximum atomic E-state index is 14.7. The largest absolute Gasteiger partial charge is 0.478 e. The lowest BCUT2D eigenvalue weighted by Crippen LogP contribution is -2.25. The first-order valence-electron chi connectivity index (χ1n) is 8.94. The molecule has 8 heteroatoms. The van der Waals surface area contributed by atoms with E-state index in [1.807, 2.05) is 13.0 Å². The zero-order valence-corrected chi connectivity index (χ0v) is 15.7. The Bertz CT molecular complexity index is 1300. The molecule has 4 aromatic rings. The second-order valence-corrected chi connectivity index (χ2v) is 6.68. The molecular weight excluding hydrogens is 392 g/mol. The van der Waals surface area contributed by atoms with Crippen molar-refractivity contribution >= 4 is 28.5 Å². The van der Waals surface area contributed by atoms with E-state index in [9.17, 15) is 23.6 Å². The molecule has 4 rings (SSSR count). The standard InChI is InChI=1S/C22H15F2N3O3/c1-12-17-10-13(6-8-19(17)26-25-12)14-7-9-20(18(23)11-14)27(24)21(28)15-4-2-3-5-16(15)22(29)30/h2-11H,1H3,(H,25,26)(H,29,30). The van der Waals surface area contributed by atoms with Crippen LogP contribution in [0, 0.1) is 12.7 Å². The van der Waals surface area contributed by atoms with Crippen molar-refractivity contribution in [1.82, 2.24) is 10.2 Å². The Morgan fingerprint density at radius 3 is 2.37 bits per heavy atom. The molecule has 0 atom stereocenters. The van der Waals surface area contributed by atoms with Crippen molar-refractivity contribution in [2.75, 3.05) is 5.12 Å². The van der Waals surface area contributed by atoms with Crippen LogP contribution < -0.4 is 5.12 Å². The van der Waals surface area contributed by atoms with E-state index in [1.54, 1.807) is 12.1 Å². The Morgan fingerprint density at radius 1 is 1.00 bits per heavy atom. The number of carbonyl (C=O) groups is 2. The number of carbonyl (C=O) groups excluding carboxylic acids is 1. The number of fused-ring (bicyclic) bond motifs is 1. The number of aryl methyl sites for hydroxylation is 1. The first-order valence-corrected chi connectivity index (χ1v) is 8.94. The minimum atomic E-state index is -1.38. The van der Waals surface area contributed by atoms with Crippen molar-refractivity contribution in [3.8, 4) is 11.1 Å². The third-order valence-corrected chi connectivity index (χ3v) is 4.80. The molecule has 0 bridgehead atoms. The lowest BCUT2D eigenvalue weighted by atomic mass is 10.0. The summed E-state index contributed by atoms with van der Waals surface area (Å²) in [5.74, 6) is -3.61. The Balaban J connectivity index is 1.68. The van der Waals surface area contributed by atoms with Crippen LogP contribution in [0.15, 0.2) is 60.7 Å². The van der Waals surface area contributed by atoms with E-state index in [0.717, 1.165) is 28.7 Å². The van der Waals surface area contributed by atoms with Gasteiger partial charge in [0.2, 0.25) is 0 Å². The van der Waals surface area contributed by atoms with Crippen molar-refractivity contribution in [3.05, 3.63) is 83.3 Å². The molecule has 30 heavy (non-hydrogen) atoms. The molecule has 1 aromatic heterocycles. The summed E-state index contributed by atoms with van der Waals surface area (Å²) < 4.78 is 29.4. The van der Waals surface area contributed by atoms with Crippen molar-refractivity contribution in [3.63, 3.8) is 0 Å². The predicted octanol–water partition coefficient (Wildman–Crippen LogP) is 4.91. The number of hydrogen-bond acceptors (Lipinski definition) is 3. The summed E-state index contributed by atoms with van der Waals surface area (Å²) in [6.07, 6.45) is 0. The number of anilines is 1. The number of carboxylic acid groups (broad SMARTS) is 1. The summed E-state index contributed by atoms with van der Waals surface area (Å²) in [4.78, 5) is 23.7. The fourth-order valence-corrected chi connectivity index (χ4v) is 3.23. The highest BCUT2D eigenvalue weighted by Crippen LogP contribution is 2.30. The van der Waals surface area contributed by atoms with Gasteiger partial charge in [0.05, 0.1) is 16.6 Å². The van der Waals surface area contributed by atoms with Gasteiger partial charge in [-0.3, -0.25) is 9.89 Å². The molecule has 2 N–H and O–H groups in total. The first kappa shape index (κ1) is 19.3. The minimum absolute atomic E-state index is 0.369. The zero-order valence-electron chi connectivity index (χ0n) is 15.7. The Labute approximate surface area is 169 Å². The van der Waals surface area contributed by atoms with Crippen LogP contribution in [0.25, 0.3) is 22.0 Å². The molecule has 6 nitrogen and oxygen atoms in total. The average Bonchev–Trinajstić information content (AvgIpc) is 3.12. The van der Waals surface area contributed by atoms with Gasteiger partial charge >= 0.3 is 5.97 Å². The van der Waals surface area contributed by atoms with Crippen LogP contribution in [0.3, 0.4) is 0 Å². The van der Waals surface area contributed by atoms with Crippen molar-refractivity contribution in [2.24, 2.45) is 0 Å². The van der Waals surface area contributed by atoms with Gasteiger partial charge in [-0.15, -0.1) is 5.12 Å². The maximum absolute atomic E-state index is 14.7. The number of nitrogens with zero attached hydrogens (tertiary/aromatic N) is 2. The number of nitrogens with one attached hydrogen (secondary N) is 1. The molecular formula is C22H15F2N3O3. The topological polar surface area (TPSA) is 86.3 Å². The molecule has 0 spiro atoms. The van der Waals surface area contributed by atoms with Gasteiger partial charge in [-0.25, -0.2) is 9.18 Å². The number of rotatable bonds is 4. The number of hydrogen-bond donors (Lipinski definition) is 2. The monoisotopic (exact) mass is 407 g/mol. The van der Waals surface area contributed by atoms with Gasteiger partial charge in [-0.05, 0) is 54.4 Å². The normalized spacial score (nSPS) is 10.9. The summed E-state index contributed by atoms with van der Waals surface area (Å²) in [5, 5.41) is 16.7. The maximum Gasteiger partial charge on any atom is 0.336 e. The molecule has 0 saturated carbocycles. The van der Waals surface area contributed by atoms with Crippen LogP contribution in [-0.4, -0.2) is 27.2 Å². The van der Waals surface area contributed by atoms with Gasteiger partial charge in [-0.2, -0.15) is 5.10 Å². The van der Waals surface area contributed by atoms with Crippen LogP contribution in [0.2, 0.25) is 0 Å². The van der Waals surface area contributed by atoms with Crippen LogP contribution in [0.1, 0.15) is 26.4 Å². The third-order valence-electron chi connectivity index (χ3n) is 4.80. The highest BCUT2D eigenvalue weighted by Gasteiger charge is 2.25. The smallest absolute Gasteiger partial charge is 0.336 e. The Hall–Kier alpha value is -4.07. The van der Waals surface area contributed by atoms with Gasteiger partial charge in [-0.1, -0.05) is 28.7 Å². The third kappa shape index (κ3) is 3.28. The van der Waals surface area contributed by atoms with E-state index >= 15 is 0 Å². The van der Waals surface area contributed by atoms with Gasteiger partial charge in [0, 0.05) is 11.1 Å². The number of benzene rings is 3. The lowest BCUT2D eigenvalue weighted by molar-refractivity contribution is 0.0690. The molecule has 150 valence electrons. The van der Waals surface area contributed by atoms with E-state index in [0.29, 0.717) is 11.1 Å². The average molecular weight is 407 g/mol. The molecule has 3 aromatic carbocycles. The molecule has 0 unspecified atom stereocenters. The van der Waals surface area contributed by atoms with E-state index in [-0.39, 0.29) is 16.2 Å². The van der Waals surface area contributed by atoms with Crippen molar-refractivity contribution in [1.29, 1.82) is 0 Å². The van der Waals surface area contributed by atoms with E-state index in [4.69, 9.17) is 0 Å². The fourth-order valence-electron chi connectivity index (χ4n) is 3.23. The lowest BCUT2D eigenvalue weighted by Gasteiger charge is -2.15. The van der Waals surface area contributed by atoms with E-state index in [1.165, 1.54) is 30.3 Å². The second-order valence-electron chi connectivity index (χ2n) is 6.68. The molecule has 1 amide bonds. The first-order chi connectivity index (χ1) is 14.4. The van der Waals surface area contributed by atoms with Gasteiger partial charge in [0.1, 0.15) is 11.5 Å². The molecule has 0 radical (unpaired) electrons. The van der Waals surface area contributed by atoms with Gasteiger partial charge < -0.3 is 5.11 Å². The molecule has 0 aliphatic rings. The molecule has 0 fully saturated rings. The number of H-pyrrole nitrogens is 1. The minimum Gasteiger partial charge on any atom is -0.478 e.